The Kier molecular flexibility index (Phi) is 4.60. The van der Waals surface area contributed by atoms with Crippen LogP contribution >= 0.6 is 0 Å². The first-order chi connectivity index (χ1) is 9.69. The summed E-state index contributed by atoms with van der Waals surface area (Å²) >= 11 is 0. The summed E-state index contributed by atoms with van der Waals surface area (Å²) in [5.41, 5.74) is 0.708. The molecule has 0 aliphatic heterocycles. The van der Waals surface area contributed by atoms with Crippen LogP contribution in [-0.2, 0) is 4.79 Å². The smallest absolute Gasteiger partial charge is 0.265 e. The van der Waals surface area contributed by atoms with Crippen LogP contribution in [0.25, 0.3) is 0 Å². The Morgan fingerprint density at radius 2 is 1.65 bits per heavy atom. The number of anilines is 1. The van der Waals surface area contributed by atoms with Gasteiger partial charge in [0.25, 0.3) is 5.91 Å². The Balaban J connectivity index is 1.93. The fourth-order valence-electron chi connectivity index (χ4n) is 1.67. The van der Waals surface area contributed by atoms with Gasteiger partial charge in [0, 0.05) is 5.69 Å². The van der Waals surface area contributed by atoms with Crippen molar-refractivity contribution in [2.24, 2.45) is 0 Å². The summed E-state index contributed by atoms with van der Waals surface area (Å²) in [6.07, 6.45) is -0.570. The molecule has 2 aromatic rings. The number of carbonyl (C=O) groups is 1. The monoisotopic (exact) mass is 271 g/mol. The van der Waals surface area contributed by atoms with E-state index in [9.17, 15) is 4.79 Å². The number of benzene rings is 2. The molecule has 4 nitrogen and oxygen atoms in total. The number of para-hydroxylation sites is 1. The van der Waals surface area contributed by atoms with E-state index in [0.717, 1.165) is 5.75 Å². The second-order valence-corrected chi connectivity index (χ2v) is 4.29. The quantitative estimate of drug-likeness (QED) is 0.909. The standard InChI is InChI=1S/C16H17NO3/c1-12(20-15-6-4-3-5-7-15)16(18)17-13-8-10-14(19-2)11-9-13/h3-12H,1-2H3,(H,17,18). The third-order valence-electron chi connectivity index (χ3n) is 2.78. The van der Waals surface area contributed by atoms with Crippen molar-refractivity contribution >= 4 is 11.6 Å². The molecule has 1 unspecified atom stereocenters. The van der Waals surface area contributed by atoms with E-state index in [4.69, 9.17) is 9.47 Å². The van der Waals surface area contributed by atoms with Gasteiger partial charge in [-0.15, -0.1) is 0 Å². The molecule has 2 rings (SSSR count). The lowest BCUT2D eigenvalue weighted by Crippen LogP contribution is -2.30. The molecule has 0 aliphatic carbocycles. The maximum absolute atomic E-state index is 12.0. The topological polar surface area (TPSA) is 47.6 Å². The Morgan fingerprint density at radius 3 is 2.25 bits per heavy atom. The minimum absolute atomic E-state index is 0.195. The first kappa shape index (κ1) is 13.9. The molecule has 0 bridgehead atoms. The third-order valence-corrected chi connectivity index (χ3v) is 2.78. The maximum atomic E-state index is 12.0. The van der Waals surface area contributed by atoms with E-state index in [1.165, 1.54) is 0 Å². The number of amides is 1. The summed E-state index contributed by atoms with van der Waals surface area (Å²) in [6, 6.07) is 16.4. The molecule has 104 valence electrons. The molecule has 1 atom stereocenters. The number of carbonyl (C=O) groups excluding carboxylic acids is 1. The van der Waals surface area contributed by atoms with Crippen molar-refractivity contribution < 1.29 is 14.3 Å². The summed E-state index contributed by atoms with van der Waals surface area (Å²) in [5, 5.41) is 2.79. The predicted molar refractivity (Wildman–Crippen MR) is 78.2 cm³/mol. The second kappa shape index (κ2) is 6.61. The number of hydrogen-bond acceptors (Lipinski definition) is 3. The van der Waals surface area contributed by atoms with Crippen LogP contribution in [0.15, 0.2) is 54.6 Å². The highest BCUT2D eigenvalue weighted by molar-refractivity contribution is 5.94. The van der Waals surface area contributed by atoms with Crippen molar-refractivity contribution in [3.8, 4) is 11.5 Å². The van der Waals surface area contributed by atoms with Gasteiger partial charge in [-0.25, -0.2) is 0 Å². The van der Waals surface area contributed by atoms with E-state index < -0.39 is 6.10 Å². The van der Waals surface area contributed by atoms with Crippen LogP contribution in [0.3, 0.4) is 0 Å². The van der Waals surface area contributed by atoms with Gasteiger partial charge in [-0.3, -0.25) is 4.79 Å². The van der Waals surface area contributed by atoms with E-state index in [0.29, 0.717) is 11.4 Å². The van der Waals surface area contributed by atoms with Gasteiger partial charge in [0.05, 0.1) is 7.11 Å². The summed E-state index contributed by atoms with van der Waals surface area (Å²) in [6.45, 7) is 1.71. The Bertz CT molecular complexity index is 552. The molecule has 0 aliphatic rings. The van der Waals surface area contributed by atoms with Crippen molar-refractivity contribution in [2.45, 2.75) is 13.0 Å². The van der Waals surface area contributed by atoms with E-state index >= 15 is 0 Å². The predicted octanol–water partition coefficient (Wildman–Crippen LogP) is 3.10. The van der Waals surface area contributed by atoms with E-state index in [2.05, 4.69) is 5.32 Å². The highest BCUT2D eigenvalue weighted by Crippen LogP contribution is 2.16. The molecule has 0 heterocycles. The van der Waals surface area contributed by atoms with Crippen LogP contribution in [0, 0.1) is 0 Å². The number of hydrogen-bond donors (Lipinski definition) is 1. The van der Waals surface area contributed by atoms with Gasteiger partial charge in [-0.05, 0) is 43.3 Å². The van der Waals surface area contributed by atoms with Gasteiger partial charge >= 0.3 is 0 Å². The van der Waals surface area contributed by atoms with E-state index in [1.54, 1.807) is 38.3 Å². The summed E-state index contributed by atoms with van der Waals surface area (Å²) < 4.78 is 10.6. The van der Waals surface area contributed by atoms with Crippen molar-refractivity contribution in [2.75, 3.05) is 12.4 Å². The average Bonchev–Trinajstić information content (AvgIpc) is 2.49. The van der Waals surface area contributed by atoms with Crippen LogP contribution in [-0.4, -0.2) is 19.1 Å². The molecule has 0 radical (unpaired) electrons. The molecule has 2 aromatic carbocycles. The molecule has 1 N–H and O–H groups in total. The summed E-state index contributed by atoms with van der Waals surface area (Å²) in [5.74, 6) is 1.22. The molecular weight excluding hydrogens is 254 g/mol. The lowest BCUT2D eigenvalue weighted by Gasteiger charge is -2.14. The van der Waals surface area contributed by atoms with Crippen molar-refractivity contribution in [3.05, 3.63) is 54.6 Å². The van der Waals surface area contributed by atoms with Crippen molar-refractivity contribution in [3.63, 3.8) is 0 Å². The van der Waals surface area contributed by atoms with Crippen LogP contribution in [0.4, 0.5) is 5.69 Å². The van der Waals surface area contributed by atoms with Crippen molar-refractivity contribution in [1.29, 1.82) is 0 Å². The third kappa shape index (κ3) is 3.75. The van der Waals surface area contributed by atoms with Gasteiger partial charge < -0.3 is 14.8 Å². The van der Waals surface area contributed by atoms with Gasteiger partial charge in [0.1, 0.15) is 11.5 Å². The molecule has 0 saturated heterocycles. The highest BCUT2D eigenvalue weighted by atomic mass is 16.5. The van der Waals surface area contributed by atoms with Gasteiger partial charge in [0.15, 0.2) is 6.10 Å². The minimum atomic E-state index is -0.570. The molecule has 20 heavy (non-hydrogen) atoms. The van der Waals surface area contributed by atoms with E-state index in [-0.39, 0.29) is 5.91 Å². The number of nitrogens with one attached hydrogen (secondary N) is 1. The molecule has 0 saturated carbocycles. The first-order valence-electron chi connectivity index (χ1n) is 6.35. The SMILES string of the molecule is COc1ccc(NC(=O)C(C)Oc2ccccc2)cc1. The zero-order chi connectivity index (χ0) is 14.4. The largest absolute Gasteiger partial charge is 0.497 e. The fraction of sp³-hybridized carbons (Fsp3) is 0.188. The zero-order valence-electron chi connectivity index (χ0n) is 11.5. The Hall–Kier alpha value is -2.49. The van der Waals surface area contributed by atoms with Crippen molar-refractivity contribution in [1.82, 2.24) is 0 Å². The maximum Gasteiger partial charge on any atom is 0.265 e. The lowest BCUT2D eigenvalue weighted by molar-refractivity contribution is -0.122. The first-order valence-corrected chi connectivity index (χ1v) is 6.35. The second-order valence-electron chi connectivity index (χ2n) is 4.29. The fourth-order valence-corrected chi connectivity index (χ4v) is 1.67. The zero-order valence-corrected chi connectivity index (χ0v) is 11.5. The average molecular weight is 271 g/mol. The molecule has 1 amide bonds. The Morgan fingerprint density at radius 1 is 1.00 bits per heavy atom. The van der Waals surface area contributed by atoms with Crippen LogP contribution < -0.4 is 14.8 Å². The highest BCUT2D eigenvalue weighted by Gasteiger charge is 2.14. The van der Waals surface area contributed by atoms with Gasteiger partial charge in [0.2, 0.25) is 0 Å². The van der Waals surface area contributed by atoms with Crippen LogP contribution in [0.1, 0.15) is 6.92 Å². The normalized spacial score (nSPS) is 11.5. The molecule has 0 fully saturated rings. The molecule has 4 heteroatoms. The Labute approximate surface area is 118 Å². The lowest BCUT2D eigenvalue weighted by atomic mass is 10.2. The molecule has 0 spiro atoms. The minimum Gasteiger partial charge on any atom is -0.497 e. The molecular formula is C16H17NO3. The van der Waals surface area contributed by atoms with Crippen LogP contribution in [0.2, 0.25) is 0 Å². The summed E-state index contributed by atoms with van der Waals surface area (Å²) in [7, 11) is 1.60. The molecule has 0 aromatic heterocycles. The summed E-state index contributed by atoms with van der Waals surface area (Å²) in [4.78, 5) is 12.0. The van der Waals surface area contributed by atoms with E-state index in [1.807, 2.05) is 30.3 Å². The number of methoxy groups -OCH3 is 1. The van der Waals surface area contributed by atoms with Gasteiger partial charge in [-0.2, -0.15) is 0 Å². The number of ether oxygens (including phenoxy) is 2. The van der Waals surface area contributed by atoms with Crippen LogP contribution in [0.5, 0.6) is 11.5 Å². The number of rotatable bonds is 5. The van der Waals surface area contributed by atoms with Gasteiger partial charge in [-0.1, -0.05) is 18.2 Å².